The monoisotopic (exact) mass is 235 g/mol. The molecule has 0 aromatic heterocycles. The van der Waals surface area contributed by atoms with Gasteiger partial charge in [-0.3, -0.25) is 0 Å². The molecule has 0 aliphatic heterocycles. The molecule has 0 unspecified atom stereocenters. The maximum Gasteiger partial charge on any atom is 0.414 e. The van der Waals surface area contributed by atoms with E-state index in [1.54, 1.807) is 11.9 Å². The maximum atomic E-state index is 11.7. The lowest BCUT2D eigenvalue weighted by Crippen LogP contribution is -2.29. The summed E-state index contributed by atoms with van der Waals surface area (Å²) >= 11 is 0. The Morgan fingerprint density at radius 3 is 2.59 bits per heavy atom. The number of ether oxygens (including phenoxy) is 1. The molecule has 0 N–H and O–H groups in total. The minimum atomic E-state index is -0.309. The van der Waals surface area contributed by atoms with Crippen molar-refractivity contribution in [3.8, 4) is 5.75 Å². The molecule has 1 aromatic carbocycles. The van der Waals surface area contributed by atoms with Gasteiger partial charge in [-0.25, -0.2) is 4.79 Å². The summed E-state index contributed by atoms with van der Waals surface area (Å²) < 4.78 is 5.38. The van der Waals surface area contributed by atoms with E-state index in [-0.39, 0.29) is 6.09 Å². The topological polar surface area (TPSA) is 29.5 Å². The fourth-order valence-corrected chi connectivity index (χ4v) is 1.39. The van der Waals surface area contributed by atoms with Gasteiger partial charge in [0, 0.05) is 13.6 Å². The molecule has 0 saturated carbocycles. The first-order valence-electron chi connectivity index (χ1n) is 5.99. The van der Waals surface area contributed by atoms with Crippen LogP contribution < -0.4 is 4.74 Å². The number of hydrogen-bond acceptors (Lipinski definition) is 2. The zero-order valence-electron chi connectivity index (χ0n) is 11.3. The number of amides is 1. The largest absolute Gasteiger partial charge is 0.414 e. The number of carbonyl (C=O) groups is 1. The second-order valence-electron chi connectivity index (χ2n) is 4.56. The Bertz CT molecular complexity index is 399. The SMILES string of the molecule is CCN(C)C(=O)Oc1cc(C(C)C)ccc1C. The third-order valence-corrected chi connectivity index (χ3v) is 2.86. The van der Waals surface area contributed by atoms with E-state index in [1.165, 1.54) is 5.56 Å². The van der Waals surface area contributed by atoms with Gasteiger partial charge < -0.3 is 9.64 Å². The normalized spacial score (nSPS) is 10.5. The van der Waals surface area contributed by atoms with Gasteiger partial charge in [0.15, 0.2) is 0 Å². The second kappa shape index (κ2) is 5.71. The number of rotatable bonds is 3. The van der Waals surface area contributed by atoms with Gasteiger partial charge in [-0.2, -0.15) is 0 Å². The van der Waals surface area contributed by atoms with Crippen LogP contribution in [-0.2, 0) is 0 Å². The van der Waals surface area contributed by atoms with Gasteiger partial charge in [0.1, 0.15) is 5.75 Å². The average molecular weight is 235 g/mol. The first kappa shape index (κ1) is 13.6. The molecule has 0 heterocycles. The predicted molar refractivity (Wildman–Crippen MR) is 69.6 cm³/mol. The Kier molecular flexibility index (Phi) is 4.55. The number of hydrogen-bond donors (Lipinski definition) is 0. The van der Waals surface area contributed by atoms with Crippen molar-refractivity contribution in [1.82, 2.24) is 4.90 Å². The van der Waals surface area contributed by atoms with E-state index in [1.807, 2.05) is 26.0 Å². The third-order valence-electron chi connectivity index (χ3n) is 2.86. The number of benzene rings is 1. The molecule has 1 rings (SSSR count). The molecule has 0 aliphatic rings. The highest BCUT2D eigenvalue weighted by molar-refractivity contribution is 5.70. The van der Waals surface area contributed by atoms with Gasteiger partial charge in [-0.05, 0) is 37.0 Å². The summed E-state index contributed by atoms with van der Waals surface area (Å²) in [6, 6.07) is 6.01. The van der Waals surface area contributed by atoms with Crippen LogP contribution in [0.5, 0.6) is 5.75 Å². The molecule has 0 bridgehead atoms. The fourth-order valence-electron chi connectivity index (χ4n) is 1.39. The number of aryl methyl sites for hydroxylation is 1. The van der Waals surface area contributed by atoms with E-state index in [4.69, 9.17) is 4.74 Å². The molecule has 0 saturated heterocycles. The van der Waals surface area contributed by atoms with Crippen molar-refractivity contribution >= 4 is 6.09 Å². The summed E-state index contributed by atoms with van der Waals surface area (Å²) in [5.74, 6) is 1.08. The van der Waals surface area contributed by atoms with Crippen LogP contribution in [0, 0.1) is 6.92 Å². The second-order valence-corrected chi connectivity index (χ2v) is 4.56. The summed E-state index contributed by atoms with van der Waals surface area (Å²) in [6.45, 7) is 8.74. The minimum Gasteiger partial charge on any atom is -0.410 e. The van der Waals surface area contributed by atoms with Crippen molar-refractivity contribution in [2.75, 3.05) is 13.6 Å². The molecule has 1 aromatic rings. The first-order valence-corrected chi connectivity index (χ1v) is 5.99. The van der Waals surface area contributed by atoms with Crippen LogP contribution >= 0.6 is 0 Å². The van der Waals surface area contributed by atoms with Crippen LogP contribution in [-0.4, -0.2) is 24.6 Å². The molecule has 0 radical (unpaired) electrons. The minimum absolute atomic E-state index is 0.309. The third kappa shape index (κ3) is 3.48. The molecule has 3 heteroatoms. The van der Waals surface area contributed by atoms with Crippen LogP contribution in [0.15, 0.2) is 18.2 Å². The van der Waals surface area contributed by atoms with Gasteiger partial charge in [-0.15, -0.1) is 0 Å². The number of nitrogens with zero attached hydrogens (tertiary/aromatic N) is 1. The van der Waals surface area contributed by atoms with Crippen molar-refractivity contribution in [1.29, 1.82) is 0 Å². The summed E-state index contributed by atoms with van der Waals surface area (Å²) in [7, 11) is 1.73. The fraction of sp³-hybridized carbons (Fsp3) is 0.500. The van der Waals surface area contributed by atoms with E-state index in [0.29, 0.717) is 18.2 Å². The lowest BCUT2D eigenvalue weighted by Gasteiger charge is -2.16. The van der Waals surface area contributed by atoms with E-state index in [0.717, 1.165) is 5.56 Å². The summed E-state index contributed by atoms with van der Waals surface area (Å²) in [5, 5.41) is 0. The molecule has 3 nitrogen and oxygen atoms in total. The molecule has 0 spiro atoms. The average Bonchev–Trinajstić information content (AvgIpc) is 2.30. The molecule has 17 heavy (non-hydrogen) atoms. The van der Waals surface area contributed by atoms with Gasteiger partial charge >= 0.3 is 6.09 Å². The first-order chi connectivity index (χ1) is 7.95. The lowest BCUT2D eigenvalue weighted by atomic mass is 10.0. The molecule has 0 fully saturated rings. The van der Waals surface area contributed by atoms with Crippen LogP contribution in [0.25, 0.3) is 0 Å². The Hall–Kier alpha value is -1.51. The summed E-state index contributed by atoms with van der Waals surface area (Å²) in [5.41, 5.74) is 2.16. The van der Waals surface area contributed by atoms with E-state index >= 15 is 0 Å². The highest BCUT2D eigenvalue weighted by Crippen LogP contribution is 2.24. The van der Waals surface area contributed by atoms with E-state index in [9.17, 15) is 4.79 Å². The smallest absolute Gasteiger partial charge is 0.410 e. The maximum absolute atomic E-state index is 11.7. The van der Waals surface area contributed by atoms with Crippen LogP contribution in [0.2, 0.25) is 0 Å². The number of carbonyl (C=O) groups excluding carboxylic acids is 1. The van der Waals surface area contributed by atoms with Crippen molar-refractivity contribution < 1.29 is 9.53 Å². The highest BCUT2D eigenvalue weighted by atomic mass is 16.6. The predicted octanol–water partition coefficient (Wildman–Crippen LogP) is 3.57. The Labute approximate surface area is 103 Å². The molecular weight excluding hydrogens is 214 g/mol. The Morgan fingerprint density at radius 1 is 1.41 bits per heavy atom. The van der Waals surface area contributed by atoms with Crippen molar-refractivity contribution in [2.24, 2.45) is 0 Å². The quantitative estimate of drug-likeness (QED) is 0.801. The summed E-state index contributed by atoms with van der Waals surface area (Å²) in [6.07, 6.45) is -0.309. The zero-order chi connectivity index (χ0) is 13.0. The lowest BCUT2D eigenvalue weighted by molar-refractivity contribution is 0.165. The van der Waals surface area contributed by atoms with E-state index < -0.39 is 0 Å². The van der Waals surface area contributed by atoms with Crippen LogP contribution in [0.1, 0.15) is 37.8 Å². The molecule has 0 atom stereocenters. The summed E-state index contributed by atoms with van der Waals surface area (Å²) in [4.78, 5) is 13.2. The zero-order valence-corrected chi connectivity index (χ0v) is 11.3. The molecule has 0 aliphatic carbocycles. The molecular formula is C14H21NO2. The van der Waals surface area contributed by atoms with Crippen LogP contribution in [0.4, 0.5) is 4.79 Å². The van der Waals surface area contributed by atoms with E-state index in [2.05, 4.69) is 19.9 Å². The van der Waals surface area contributed by atoms with Crippen molar-refractivity contribution in [3.63, 3.8) is 0 Å². The Balaban J connectivity index is 2.90. The van der Waals surface area contributed by atoms with Gasteiger partial charge in [0.2, 0.25) is 0 Å². The molecule has 1 amide bonds. The van der Waals surface area contributed by atoms with Crippen molar-refractivity contribution in [2.45, 2.75) is 33.6 Å². The standard InChI is InChI=1S/C14H21NO2/c1-6-15(5)14(16)17-13-9-12(10(2)3)8-7-11(13)4/h7-10H,6H2,1-5H3. The van der Waals surface area contributed by atoms with Gasteiger partial charge in [0.25, 0.3) is 0 Å². The van der Waals surface area contributed by atoms with Gasteiger partial charge in [-0.1, -0.05) is 26.0 Å². The van der Waals surface area contributed by atoms with Crippen molar-refractivity contribution in [3.05, 3.63) is 29.3 Å². The van der Waals surface area contributed by atoms with Gasteiger partial charge in [0.05, 0.1) is 0 Å². The Morgan fingerprint density at radius 2 is 2.06 bits per heavy atom. The molecule has 94 valence electrons. The van der Waals surface area contributed by atoms with Crippen LogP contribution in [0.3, 0.4) is 0 Å². The highest BCUT2D eigenvalue weighted by Gasteiger charge is 2.12.